The molecule has 0 aliphatic carbocycles. The van der Waals surface area contributed by atoms with Crippen LogP contribution >= 0.6 is 0 Å². The Bertz CT molecular complexity index is 254. The van der Waals surface area contributed by atoms with Crippen LogP contribution in [0, 0.1) is 0 Å². The molecule has 1 unspecified atom stereocenters. The highest BCUT2D eigenvalue weighted by Crippen LogP contribution is 2.27. The van der Waals surface area contributed by atoms with Crippen molar-refractivity contribution in [2.75, 3.05) is 13.7 Å². The van der Waals surface area contributed by atoms with Crippen LogP contribution in [0.2, 0.25) is 0 Å². The number of benzene rings is 1. The van der Waals surface area contributed by atoms with Gasteiger partial charge < -0.3 is 9.47 Å². The van der Waals surface area contributed by atoms with E-state index in [2.05, 4.69) is 12.1 Å². The lowest BCUT2D eigenvalue weighted by atomic mass is 10.1. The van der Waals surface area contributed by atoms with Gasteiger partial charge in [-0.3, -0.25) is 0 Å². The zero-order chi connectivity index (χ0) is 9.10. The lowest BCUT2D eigenvalue weighted by Crippen LogP contribution is -2.04. The summed E-state index contributed by atoms with van der Waals surface area (Å²) in [4.78, 5) is 0. The second-order valence-electron chi connectivity index (χ2n) is 3.33. The summed E-state index contributed by atoms with van der Waals surface area (Å²) >= 11 is 0. The van der Waals surface area contributed by atoms with Gasteiger partial charge in [-0.2, -0.15) is 0 Å². The van der Waals surface area contributed by atoms with E-state index in [-0.39, 0.29) is 6.10 Å². The maximum atomic E-state index is 5.41. The first-order valence-corrected chi connectivity index (χ1v) is 4.59. The lowest BCUT2D eigenvalue weighted by molar-refractivity contribution is 0.0880. The smallest absolute Gasteiger partial charge is 0.0846 e. The summed E-state index contributed by atoms with van der Waals surface area (Å²) in [5.74, 6) is 0. The second-order valence-corrected chi connectivity index (χ2v) is 3.33. The number of rotatable bonds is 4. The van der Waals surface area contributed by atoms with Crippen molar-refractivity contribution < 1.29 is 9.47 Å². The Labute approximate surface area is 78.5 Å². The summed E-state index contributed by atoms with van der Waals surface area (Å²) in [6, 6.07) is 10.3. The highest BCUT2D eigenvalue weighted by Gasteiger charge is 2.27. The molecule has 2 heteroatoms. The van der Waals surface area contributed by atoms with Gasteiger partial charge in [0.2, 0.25) is 0 Å². The minimum atomic E-state index is 0.189. The number of hydrogen-bond donors (Lipinski definition) is 0. The molecular weight excluding hydrogens is 164 g/mol. The maximum absolute atomic E-state index is 5.41. The molecule has 0 aromatic heterocycles. The Morgan fingerprint density at radius 2 is 2.15 bits per heavy atom. The first-order valence-electron chi connectivity index (χ1n) is 4.59. The third kappa shape index (κ3) is 2.29. The molecule has 0 radical (unpaired) electrons. The SMILES string of the molecule is COC(C[C@@H]1CO1)c1ccccc1. The van der Waals surface area contributed by atoms with Crippen molar-refractivity contribution in [1.29, 1.82) is 0 Å². The fourth-order valence-corrected chi connectivity index (χ4v) is 1.48. The highest BCUT2D eigenvalue weighted by atomic mass is 16.6. The summed E-state index contributed by atoms with van der Waals surface area (Å²) in [5, 5.41) is 0. The molecule has 0 amide bonds. The molecule has 0 N–H and O–H groups in total. The molecule has 1 heterocycles. The van der Waals surface area contributed by atoms with Crippen molar-refractivity contribution in [3.63, 3.8) is 0 Å². The van der Waals surface area contributed by atoms with Gasteiger partial charge in [-0.1, -0.05) is 30.3 Å². The minimum absolute atomic E-state index is 0.189. The Hall–Kier alpha value is -0.860. The molecule has 2 nitrogen and oxygen atoms in total. The molecule has 2 rings (SSSR count). The number of methoxy groups -OCH3 is 1. The van der Waals surface area contributed by atoms with Crippen molar-refractivity contribution in [2.24, 2.45) is 0 Å². The van der Waals surface area contributed by atoms with E-state index in [1.807, 2.05) is 18.2 Å². The summed E-state index contributed by atoms with van der Waals surface area (Å²) in [7, 11) is 1.75. The number of epoxide rings is 1. The topological polar surface area (TPSA) is 21.8 Å². The van der Waals surface area contributed by atoms with Crippen LogP contribution in [0.3, 0.4) is 0 Å². The van der Waals surface area contributed by atoms with Crippen molar-refractivity contribution in [3.8, 4) is 0 Å². The minimum Gasteiger partial charge on any atom is -0.377 e. The fraction of sp³-hybridized carbons (Fsp3) is 0.455. The third-order valence-corrected chi connectivity index (χ3v) is 2.34. The molecule has 1 aromatic rings. The zero-order valence-corrected chi connectivity index (χ0v) is 7.77. The Kier molecular flexibility index (Phi) is 2.62. The standard InChI is InChI=1S/C11H14O2/c1-12-11(7-10-8-13-10)9-5-3-2-4-6-9/h2-6,10-11H,7-8H2,1H3/t10-,11?/m1/s1. The quantitative estimate of drug-likeness (QED) is 0.659. The molecule has 2 atom stereocenters. The Balaban J connectivity index is 2.02. The van der Waals surface area contributed by atoms with E-state index in [1.54, 1.807) is 7.11 Å². The molecule has 13 heavy (non-hydrogen) atoms. The van der Waals surface area contributed by atoms with Gasteiger partial charge in [0.15, 0.2) is 0 Å². The van der Waals surface area contributed by atoms with Gasteiger partial charge >= 0.3 is 0 Å². The predicted molar refractivity (Wildman–Crippen MR) is 50.5 cm³/mol. The molecule has 0 bridgehead atoms. The lowest BCUT2D eigenvalue weighted by Gasteiger charge is -2.13. The molecule has 0 spiro atoms. The average Bonchev–Trinajstić information content (AvgIpc) is 2.99. The molecule has 1 fully saturated rings. The van der Waals surface area contributed by atoms with E-state index in [4.69, 9.17) is 9.47 Å². The van der Waals surface area contributed by atoms with Gasteiger partial charge in [-0.15, -0.1) is 0 Å². The first kappa shape index (κ1) is 8.73. The van der Waals surface area contributed by atoms with E-state index in [0.717, 1.165) is 13.0 Å². The molecule has 1 saturated heterocycles. The van der Waals surface area contributed by atoms with Gasteiger partial charge in [0, 0.05) is 13.5 Å². The van der Waals surface area contributed by atoms with Crippen molar-refractivity contribution in [1.82, 2.24) is 0 Å². The van der Waals surface area contributed by atoms with Crippen LogP contribution in [0.15, 0.2) is 30.3 Å². The van der Waals surface area contributed by atoms with Gasteiger partial charge in [-0.05, 0) is 5.56 Å². The van der Waals surface area contributed by atoms with Crippen molar-refractivity contribution >= 4 is 0 Å². The van der Waals surface area contributed by atoms with E-state index < -0.39 is 0 Å². The van der Waals surface area contributed by atoms with Gasteiger partial charge in [0.1, 0.15) is 0 Å². The normalized spacial score (nSPS) is 22.7. The first-order chi connectivity index (χ1) is 6.40. The van der Waals surface area contributed by atoms with E-state index in [1.165, 1.54) is 5.56 Å². The van der Waals surface area contributed by atoms with Crippen LogP contribution in [0.4, 0.5) is 0 Å². The van der Waals surface area contributed by atoms with Crippen LogP contribution < -0.4 is 0 Å². The van der Waals surface area contributed by atoms with Gasteiger partial charge in [0.05, 0.1) is 18.8 Å². The molecule has 1 aliphatic heterocycles. The highest BCUT2D eigenvalue weighted by molar-refractivity contribution is 5.17. The number of ether oxygens (including phenoxy) is 2. The molecule has 70 valence electrons. The summed E-state index contributed by atoms with van der Waals surface area (Å²) < 4.78 is 10.6. The van der Waals surface area contributed by atoms with Crippen molar-refractivity contribution in [2.45, 2.75) is 18.6 Å². The maximum Gasteiger partial charge on any atom is 0.0846 e. The van der Waals surface area contributed by atoms with Crippen LogP contribution in [0.5, 0.6) is 0 Å². The molecular formula is C11H14O2. The van der Waals surface area contributed by atoms with Crippen LogP contribution in [0.25, 0.3) is 0 Å². The van der Waals surface area contributed by atoms with E-state index in [9.17, 15) is 0 Å². The summed E-state index contributed by atoms with van der Waals surface area (Å²) in [6.07, 6.45) is 1.58. The van der Waals surface area contributed by atoms with Gasteiger partial charge in [0.25, 0.3) is 0 Å². The Morgan fingerprint density at radius 3 is 2.69 bits per heavy atom. The van der Waals surface area contributed by atoms with Crippen LogP contribution in [0.1, 0.15) is 18.1 Å². The Morgan fingerprint density at radius 1 is 1.46 bits per heavy atom. The molecule has 1 aromatic carbocycles. The third-order valence-electron chi connectivity index (χ3n) is 2.34. The largest absolute Gasteiger partial charge is 0.377 e. The van der Waals surface area contributed by atoms with E-state index in [0.29, 0.717) is 6.10 Å². The average molecular weight is 178 g/mol. The fourth-order valence-electron chi connectivity index (χ4n) is 1.48. The monoisotopic (exact) mass is 178 g/mol. The summed E-state index contributed by atoms with van der Waals surface area (Å²) in [6.45, 7) is 0.896. The molecule has 0 saturated carbocycles. The van der Waals surface area contributed by atoms with Crippen LogP contribution in [-0.2, 0) is 9.47 Å². The van der Waals surface area contributed by atoms with Gasteiger partial charge in [-0.25, -0.2) is 0 Å². The molecule has 1 aliphatic rings. The van der Waals surface area contributed by atoms with Crippen molar-refractivity contribution in [3.05, 3.63) is 35.9 Å². The van der Waals surface area contributed by atoms with E-state index >= 15 is 0 Å². The number of hydrogen-bond acceptors (Lipinski definition) is 2. The summed E-state index contributed by atoms with van der Waals surface area (Å²) in [5.41, 5.74) is 1.24. The van der Waals surface area contributed by atoms with Crippen LogP contribution in [-0.4, -0.2) is 19.8 Å². The zero-order valence-electron chi connectivity index (χ0n) is 7.77. The predicted octanol–water partition coefficient (Wildman–Crippen LogP) is 2.16. The second kappa shape index (κ2) is 3.90.